The van der Waals surface area contributed by atoms with Crippen LogP contribution in [0, 0.1) is 6.92 Å². The topological polar surface area (TPSA) is 43.3 Å². The molecule has 2 N–H and O–H groups in total. The maximum Gasteiger partial charge on any atom is 0.138 e. The van der Waals surface area contributed by atoms with Gasteiger partial charge in [-0.3, -0.25) is 4.40 Å². The SMILES string of the molecule is CC.Cc1ccn2c(N)c(C(C)C)nc2c1. The van der Waals surface area contributed by atoms with E-state index in [4.69, 9.17) is 5.73 Å². The van der Waals surface area contributed by atoms with E-state index in [9.17, 15) is 0 Å². The molecular weight excluding hydrogens is 198 g/mol. The molecule has 0 unspecified atom stereocenters. The average molecular weight is 219 g/mol. The number of hydrogen-bond acceptors (Lipinski definition) is 2. The smallest absolute Gasteiger partial charge is 0.138 e. The molecule has 88 valence electrons. The summed E-state index contributed by atoms with van der Waals surface area (Å²) >= 11 is 0. The molecule has 0 amide bonds. The third-order valence-corrected chi connectivity index (χ3v) is 2.39. The third kappa shape index (κ3) is 2.18. The van der Waals surface area contributed by atoms with Crippen LogP contribution in [0.15, 0.2) is 18.3 Å². The fourth-order valence-corrected chi connectivity index (χ4v) is 1.61. The molecule has 0 aliphatic rings. The number of nitrogens with zero attached hydrogens (tertiary/aromatic N) is 2. The molecule has 3 nitrogen and oxygen atoms in total. The van der Waals surface area contributed by atoms with Gasteiger partial charge >= 0.3 is 0 Å². The van der Waals surface area contributed by atoms with Crippen molar-refractivity contribution in [2.45, 2.75) is 40.5 Å². The van der Waals surface area contributed by atoms with E-state index in [-0.39, 0.29) is 0 Å². The Balaban J connectivity index is 0.000000606. The van der Waals surface area contributed by atoms with Gasteiger partial charge in [0.25, 0.3) is 0 Å². The van der Waals surface area contributed by atoms with Crippen LogP contribution >= 0.6 is 0 Å². The van der Waals surface area contributed by atoms with Crippen LogP contribution in [0.2, 0.25) is 0 Å². The molecule has 2 aromatic heterocycles. The van der Waals surface area contributed by atoms with E-state index in [0.29, 0.717) is 5.92 Å². The molecule has 0 aliphatic carbocycles. The summed E-state index contributed by atoms with van der Waals surface area (Å²) in [5.41, 5.74) is 9.12. The molecule has 2 aromatic rings. The van der Waals surface area contributed by atoms with E-state index in [1.165, 1.54) is 5.56 Å². The Labute approximate surface area is 97.3 Å². The van der Waals surface area contributed by atoms with E-state index in [0.717, 1.165) is 17.2 Å². The fraction of sp³-hybridized carbons (Fsp3) is 0.462. The van der Waals surface area contributed by atoms with Crippen molar-refractivity contribution in [2.75, 3.05) is 5.73 Å². The Kier molecular flexibility index (Phi) is 3.93. The van der Waals surface area contributed by atoms with Crippen LogP contribution in [-0.4, -0.2) is 9.38 Å². The van der Waals surface area contributed by atoms with Gasteiger partial charge in [0.2, 0.25) is 0 Å². The standard InChI is InChI=1S/C11H15N3.C2H6/c1-7(2)10-11(12)14-5-4-8(3)6-9(14)13-10;1-2/h4-7H,12H2,1-3H3;1-2H3. The molecule has 0 saturated carbocycles. The molecule has 0 spiro atoms. The Morgan fingerprint density at radius 1 is 1.31 bits per heavy atom. The molecule has 0 fully saturated rings. The van der Waals surface area contributed by atoms with Gasteiger partial charge < -0.3 is 5.73 Å². The predicted molar refractivity (Wildman–Crippen MR) is 69.8 cm³/mol. The third-order valence-electron chi connectivity index (χ3n) is 2.39. The van der Waals surface area contributed by atoms with Gasteiger partial charge in [0.15, 0.2) is 0 Å². The molecule has 0 bridgehead atoms. The quantitative estimate of drug-likeness (QED) is 0.799. The van der Waals surface area contributed by atoms with Crippen LogP contribution in [0.1, 0.15) is 44.9 Å². The van der Waals surface area contributed by atoms with Crippen molar-refractivity contribution in [1.82, 2.24) is 9.38 Å². The van der Waals surface area contributed by atoms with E-state index in [1.54, 1.807) is 0 Å². The lowest BCUT2D eigenvalue weighted by Crippen LogP contribution is -1.97. The lowest BCUT2D eigenvalue weighted by atomic mass is 10.1. The normalized spacial score (nSPS) is 10.4. The van der Waals surface area contributed by atoms with Crippen molar-refractivity contribution in [3.8, 4) is 0 Å². The van der Waals surface area contributed by atoms with Gasteiger partial charge in [-0.05, 0) is 30.5 Å². The van der Waals surface area contributed by atoms with Crippen LogP contribution in [0.4, 0.5) is 5.82 Å². The zero-order valence-corrected chi connectivity index (χ0v) is 10.8. The summed E-state index contributed by atoms with van der Waals surface area (Å²) in [7, 11) is 0. The van der Waals surface area contributed by atoms with E-state index in [2.05, 4.69) is 25.8 Å². The van der Waals surface area contributed by atoms with Gasteiger partial charge in [-0.15, -0.1) is 0 Å². The second-order valence-electron chi connectivity index (χ2n) is 3.97. The number of imidazole rings is 1. The van der Waals surface area contributed by atoms with E-state index >= 15 is 0 Å². The van der Waals surface area contributed by atoms with Gasteiger partial charge in [-0.25, -0.2) is 4.98 Å². The van der Waals surface area contributed by atoms with Crippen LogP contribution in [-0.2, 0) is 0 Å². The minimum atomic E-state index is 0.371. The Hall–Kier alpha value is -1.51. The van der Waals surface area contributed by atoms with Crippen LogP contribution in [0.5, 0.6) is 0 Å². The highest BCUT2D eigenvalue weighted by molar-refractivity contribution is 5.54. The summed E-state index contributed by atoms with van der Waals surface area (Å²) < 4.78 is 1.93. The number of fused-ring (bicyclic) bond motifs is 1. The molecular formula is C13H21N3. The van der Waals surface area contributed by atoms with Crippen molar-refractivity contribution < 1.29 is 0 Å². The van der Waals surface area contributed by atoms with Gasteiger partial charge in [-0.2, -0.15) is 0 Å². The number of pyridine rings is 1. The number of aryl methyl sites for hydroxylation is 1. The van der Waals surface area contributed by atoms with Gasteiger partial charge in [0.05, 0.1) is 5.69 Å². The second-order valence-corrected chi connectivity index (χ2v) is 3.97. The second kappa shape index (κ2) is 5.01. The monoisotopic (exact) mass is 219 g/mol. The lowest BCUT2D eigenvalue weighted by molar-refractivity contribution is 0.838. The number of anilines is 1. The highest BCUT2D eigenvalue weighted by Crippen LogP contribution is 2.22. The minimum Gasteiger partial charge on any atom is -0.383 e. The first-order valence-corrected chi connectivity index (χ1v) is 5.83. The van der Waals surface area contributed by atoms with Crippen molar-refractivity contribution in [2.24, 2.45) is 0 Å². The van der Waals surface area contributed by atoms with E-state index < -0.39 is 0 Å². The maximum atomic E-state index is 5.99. The van der Waals surface area contributed by atoms with Gasteiger partial charge in [0.1, 0.15) is 11.5 Å². The highest BCUT2D eigenvalue weighted by Gasteiger charge is 2.11. The summed E-state index contributed by atoms with van der Waals surface area (Å²) in [4.78, 5) is 4.51. The first-order chi connectivity index (χ1) is 7.59. The van der Waals surface area contributed by atoms with Crippen molar-refractivity contribution in [3.05, 3.63) is 29.6 Å². The summed E-state index contributed by atoms with van der Waals surface area (Å²) in [5, 5.41) is 0. The van der Waals surface area contributed by atoms with E-state index in [1.807, 2.05) is 36.6 Å². The number of nitrogen functional groups attached to an aromatic ring is 1. The van der Waals surface area contributed by atoms with Gasteiger partial charge in [-0.1, -0.05) is 27.7 Å². The maximum absolute atomic E-state index is 5.99. The predicted octanol–water partition coefficient (Wildman–Crippen LogP) is 3.37. The van der Waals surface area contributed by atoms with Gasteiger partial charge in [0, 0.05) is 6.20 Å². The number of aromatic nitrogens is 2. The van der Waals surface area contributed by atoms with Crippen LogP contribution in [0.25, 0.3) is 5.65 Å². The largest absolute Gasteiger partial charge is 0.383 e. The number of hydrogen-bond donors (Lipinski definition) is 1. The molecule has 0 atom stereocenters. The zero-order chi connectivity index (χ0) is 12.3. The first kappa shape index (κ1) is 12.6. The molecule has 0 aromatic carbocycles. The molecule has 0 saturated heterocycles. The molecule has 0 radical (unpaired) electrons. The summed E-state index contributed by atoms with van der Waals surface area (Å²) in [6.07, 6.45) is 1.97. The van der Waals surface area contributed by atoms with Crippen molar-refractivity contribution in [1.29, 1.82) is 0 Å². The number of nitrogens with two attached hydrogens (primary N) is 1. The fourth-order valence-electron chi connectivity index (χ4n) is 1.61. The summed E-state index contributed by atoms with van der Waals surface area (Å²) in [6.45, 7) is 10.3. The molecule has 2 rings (SSSR count). The molecule has 16 heavy (non-hydrogen) atoms. The number of rotatable bonds is 1. The zero-order valence-electron chi connectivity index (χ0n) is 10.8. The Morgan fingerprint density at radius 3 is 2.50 bits per heavy atom. The highest BCUT2D eigenvalue weighted by atomic mass is 15.1. The first-order valence-electron chi connectivity index (χ1n) is 5.83. The van der Waals surface area contributed by atoms with Crippen molar-refractivity contribution >= 4 is 11.5 Å². The Morgan fingerprint density at radius 2 is 1.94 bits per heavy atom. The minimum absolute atomic E-state index is 0.371. The average Bonchev–Trinajstić information content (AvgIpc) is 2.58. The molecule has 3 heteroatoms. The molecule has 2 heterocycles. The Bertz CT molecular complexity index is 469. The van der Waals surface area contributed by atoms with Crippen LogP contribution in [0.3, 0.4) is 0 Å². The van der Waals surface area contributed by atoms with Crippen LogP contribution < -0.4 is 5.73 Å². The summed E-state index contributed by atoms with van der Waals surface area (Å²) in [5.74, 6) is 1.13. The van der Waals surface area contributed by atoms with Crippen molar-refractivity contribution in [3.63, 3.8) is 0 Å². The lowest BCUT2D eigenvalue weighted by Gasteiger charge is -2.00. The molecule has 0 aliphatic heterocycles. The summed E-state index contributed by atoms with van der Waals surface area (Å²) in [6, 6.07) is 4.08.